The quantitative estimate of drug-likeness (QED) is 0.229. The second-order valence-electron chi connectivity index (χ2n) is 2.70. The van der Waals surface area contributed by atoms with E-state index < -0.39 is 0 Å². The van der Waals surface area contributed by atoms with Crippen LogP contribution >= 0.6 is 0 Å². The van der Waals surface area contributed by atoms with Crippen LogP contribution in [0.25, 0.3) is 0 Å². The number of guanidine groups is 2. The number of nitrogens with one attached hydrogen (secondary N) is 1. The highest BCUT2D eigenvalue weighted by molar-refractivity contribution is 6.00. The molecule has 1 aromatic rings. The number of nitrogens with zero attached hydrogens (tertiary/aromatic N) is 5. The van der Waals surface area contributed by atoms with Gasteiger partial charge < -0.3 is 28.7 Å². The average Bonchev–Trinajstić information content (AvgIpc) is 2.14. The number of aromatic nitrogens is 3. The predicted molar refractivity (Wildman–Crippen MR) is 64.6 cm³/mol. The molecular formula is C6H13N11. The molecule has 1 heterocycles. The van der Waals surface area contributed by atoms with Gasteiger partial charge in [0, 0.05) is 0 Å². The standard InChI is InChI=1S/C6H13N11/c7-1-12-5(13-2(8)9)17-6-15-3(10)14-4(11)16-6/h1,7H2,(H9,8,9,10,11,12,13,14,15,16,17). The van der Waals surface area contributed by atoms with Gasteiger partial charge in [-0.2, -0.15) is 19.9 Å². The van der Waals surface area contributed by atoms with Crippen LogP contribution in [0.5, 0.6) is 0 Å². The monoisotopic (exact) mass is 239 g/mol. The van der Waals surface area contributed by atoms with Gasteiger partial charge in [0.25, 0.3) is 0 Å². The molecule has 17 heavy (non-hydrogen) atoms. The number of hydrogen-bond donors (Lipinski definition) is 6. The summed E-state index contributed by atoms with van der Waals surface area (Å²) in [7, 11) is 0. The summed E-state index contributed by atoms with van der Waals surface area (Å²) in [5.74, 6) is -0.182. The van der Waals surface area contributed by atoms with Gasteiger partial charge in [-0.3, -0.25) is 5.32 Å². The molecule has 0 bridgehead atoms. The van der Waals surface area contributed by atoms with Crippen LogP contribution in [-0.4, -0.2) is 33.5 Å². The Kier molecular flexibility index (Phi) is 3.94. The van der Waals surface area contributed by atoms with E-state index in [1.807, 2.05) is 0 Å². The van der Waals surface area contributed by atoms with Crippen molar-refractivity contribution in [2.75, 3.05) is 23.5 Å². The SMILES string of the molecule is NC/N=C(/N=C(N)N)Nc1nc(N)nc(N)n1. The zero-order valence-corrected chi connectivity index (χ0v) is 8.83. The molecule has 0 fully saturated rings. The molecule has 0 unspecified atom stereocenters. The predicted octanol–water partition coefficient (Wildman–Crippen LogP) is -3.01. The molecular weight excluding hydrogens is 226 g/mol. The number of nitrogen functional groups attached to an aromatic ring is 2. The van der Waals surface area contributed by atoms with Crippen molar-refractivity contribution in [1.82, 2.24) is 15.0 Å². The summed E-state index contributed by atoms with van der Waals surface area (Å²) in [6.45, 7) is -0.0187. The lowest BCUT2D eigenvalue weighted by Crippen LogP contribution is -2.27. The molecule has 0 aliphatic carbocycles. The molecule has 1 aromatic heterocycles. The first-order valence-corrected chi connectivity index (χ1v) is 4.39. The fourth-order valence-electron chi connectivity index (χ4n) is 0.877. The third-order valence-electron chi connectivity index (χ3n) is 1.37. The van der Waals surface area contributed by atoms with Gasteiger partial charge in [-0.25, -0.2) is 4.99 Å². The molecule has 0 saturated carbocycles. The van der Waals surface area contributed by atoms with E-state index in [1.54, 1.807) is 0 Å². The van der Waals surface area contributed by atoms with Gasteiger partial charge in [0.1, 0.15) is 0 Å². The van der Waals surface area contributed by atoms with Crippen LogP contribution in [0.1, 0.15) is 0 Å². The second kappa shape index (κ2) is 5.41. The maximum absolute atomic E-state index is 5.38. The molecule has 11 N–H and O–H groups in total. The van der Waals surface area contributed by atoms with Crippen molar-refractivity contribution in [2.45, 2.75) is 0 Å². The lowest BCUT2D eigenvalue weighted by molar-refractivity contribution is 1.05. The van der Waals surface area contributed by atoms with Crippen molar-refractivity contribution < 1.29 is 0 Å². The molecule has 0 aliphatic heterocycles. The number of aliphatic imine (C=N–C) groups is 2. The minimum Gasteiger partial charge on any atom is -0.370 e. The van der Waals surface area contributed by atoms with Crippen molar-refractivity contribution in [1.29, 1.82) is 0 Å². The molecule has 92 valence electrons. The molecule has 1 rings (SSSR count). The summed E-state index contributed by atoms with van der Waals surface area (Å²) in [6.07, 6.45) is 0. The van der Waals surface area contributed by atoms with Crippen LogP contribution in [-0.2, 0) is 0 Å². The van der Waals surface area contributed by atoms with Gasteiger partial charge in [0.2, 0.25) is 23.8 Å². The van der Waals surface area contributed by atoms with E-state index in [4.69, 9.17) is 28.7 Å². The number of rotatable bonds is 2. The third kappa shape index (κ3) is 4.13. The Bertz CT molecular complexity index is 425. The van der Waals surface area contributed by atoms with E-state index in [1.165, 1.54) is 0 Å². The molecule has 0 aromatic carbocycles. The topological polar surface area (TPSA) is 206 Å². The molecule has 0 amide bonds. The lowest BCUT2D eigenvalue weighted by atomic mass is 10.8. The summed E-state index contributed by atoms with van der Waals surface area (Å²) in [5, 5.41) is 2.59. The fourth-order valence-corrected chi connectivity index (χ4v) is 0.877. The smallest absolute Gasteiger partial charge is 0.236 e. The van der Waals surface area contributed by atoms with Gasteiger partial charge in [0.05, 0.1) is 6.67 Å². The number of anilines is 3. The van der Waals surface area contributed by atoms with Gasteiger partial charge in [-0.1, -0.05) is 0 Å². The van der Waals surface area contributed by atoms with Crippen LogP contribution in [0.2, 0.25) is 0 Å². The minimum absolute atomic E-state index is 0.0187. The van der Waals surface area contributed by atoms with Crippen LogP contribution < -0.4 is 34.0 Å². The van der Waals surface area contributed by atoms with E-state index in [0.29, 0.717) is 0 Å². The Morgan fingerprint density at radius 3 is 2.18 bits per heavy atom. The first kappa shape index (κ1) is 12.4. The summed E-state index contributed by atoms with van der Waals surface area (Å²) in [5.41, 5.74) is 26.4. The first-order chi connectivity index (χ1) is 8.01. The maximum atomic E-state index is 5.38. The zero-order chi connectivity index (χ0) is 12.8. The molecule has 0 saturated heterocycles. The molecule has 0 aliphatic rings. The van der Waals surface area contributed by atoms with Gasteiger partial charge >= 0.3 is 0 Å². The van der Waals surface area contributed by atoms with E-state index >= 15 is 0 Å². The molecule has 11 nitrogen and oxygen atoms in total. The maximum Gasteiger partial charge on any atom is 0.236 e. The van der Waals surface area contributed by atoms with Gasteiger partial charge in [0.15, 0.2) is 5.96 Å². The van der Waals surface area contributed by atoms with E-state index in [2.05, 4.69) is 30.3 Å². The third-order valence-corrected chi connectivity index (χ3v) is 1.37. The van der Waals surface area contributed by atoms with Gasteiger partial charge in [-0.15, -0.1) is 0 Å². The van der Waals surface area contributed by atoms with Crippen LogP contribution in [0, 0.1) is 0 Å². The second-order valence-corrected chi connectivity index (χ2v) is 2.70. The molecule has 0 spiro atoms. The summed E-state index contributed by atoms with van der Waals surface area (Å²) >= 11 is 0. The Balaban J connectivity index is 2.94. The fraction of sp³-hybridized carbons (Fsp3) is 0.167. The van der Waals surface area contributed by atoms with Gasteiger partial charge in [-0.05, 0) is 0 Å². The van der Waals surface area contributed by atoms with Crippen LogP contribution in [0.4, 0.5) is 17.8 Å². The van der Waals surface area contributed by atoms with E-state index in [9.17, 15) is 0 Å². The van der Waals surface area contributed by atoms with Crippen molar-refractivity contribution in [3.63, 3.8) is 0 Å². The largest absolute Gasteiger partial charge is 0.370 e. The first-order valence-electron chi connectivity index (χ1n) is 4.39. The Hall–Kier alpha value is -2.69. The average molecular weight is 239 g/mol. The van der Waals surface area contributed by atoms with E-state index in [-0.39, 0.29) is 36.4 Å². The Morgan fingerprint density at radius 2 is 1.71 bits per heavy atom. The molecule has 0 atom stereocenters. The number of hydrogen-bond acceptors (Lipinski definition) is 7. The molecule has 0 radical (unpaired) electrons. The summed E-state index contributed by atoms with van der Waals surface area (Å²) in [4.78, 5) is 18.5. The van der Waals surface area contributed by atoms with Crippen LogP contribution in [0.15, 0.2) is 9.98 Å². The zero-order valence-electron chi connectivity index (χ0n) is 8.83. The van der Waals surface area contributed by atoms with E-state index in [0.717, 1.165) is 0 Å². The number of nitrogens with two attached hydrogens (primary N) is 5. The molecule has 11 heteroatoms. The van der Waals surface area contributed by atoms with Crippen molar-refractivity contribution in [2.24, 2.45) is 27.2 Å². The normalized spacial score (nSPS) is 11.0. The van der Waals surface area contributed by atoms with Crippen LogP contribution in [0.3, 0.4) is 0 Å². The van der Waals surface area contributed by atoms with Crippen molar-refractivity contribution in [3.8, 4) is 0 Å². The lowest BCUT2D eigenvalue weighted by Gasteiger charge is -2.05. The Labute approximate surface area is 96.2 Å². The Morgan fingerprint density at radius 1 is 1.12 bits per heavy atom. The van der Waals surface area contributed by atoms with Crippen molar-refractivity contribution >= 4 is 29.8 Å². The highest BCUT2D eigenvalue weighted by Gasteiger charge is 2.04. The summed E-state index contributed by atoms with van der Waals surface area (Å²) in [6, 6.07) is 0. The summed E-state index contributed by atoms with van der Waals surface area (Å²) < 4.78 is 0. The van der Waals surface area contributed by atoms with Crippen molar-refractivity contribution in [3.05, 3.63) is 0 Å². The highest BCUT2D eigenvalue weighted by atomic mass is 15.3. The highest BCUT2D eigenvalue weighted by Crippen LogP contribution is 2.03. The minimum atomic E-state index is -0.195.